The van der Waals surface area contributed by atoms with Gasteiger partial charge >= 0.3 is 0 Å². The largest absolute Gasteiger partial charge is 0.371 e. The number of likely N-dealkylation sites (N-methyl/N-ethyl adjacent to an activating group) is 1. The molecule has 0 aromatic carbocycles. The average Bonchev–Trinajstić information content (AvgIpc) is 3.16. The molecule has 2 aromatic rings. The Balaban J connectivity index is 1.62. The molecular weight excluding hydrogens is 324 g/mol. The maximum Gasteiger partial charge on any atom is 0.248 e. The minimum absolute atomic E-state index is 0.00221. The third kappa shape index (κ3) is 4.43. The van der Waals surface area contributed by atoms with Crippen LogP contribution in [0.2, 0.25) is 0 Å². The van der Waals surface area contributed by atoms with Crippen molar-refractivity contribution in [1.82, 2.24) is 19.4 Å². The van der Waals surface area contributed by atoms with Crippen molar-refractivity contribution in [2.45, 2.75) is 19.6 Å². The van der Waals surface area contributed by atoms with Gasteiger partial charge in [0.15, 0.2) is 0 Å². The monoisotopic (exact) mass is 348 g/mol. The van der Waals surface area contributed by atoms with Crippen LogP contribution in [0.5, 0.6) is 0 Å². The topological polar surface area (TPSA) is 50.6 Å². The maximum absolute atomic E-state index is 11.7. The van der Waals surface area contributed by atoms with E-state index in [2.05, 4.69) is 32.0 Å². The molecule has 0 saturated heterocycles. The first kappa shape index (κ1) is 17.1. The predicted molar refractivity (Wildman–Crippen MR) is 93.7 cm³/mol. The minimum Gasteiger partial charge on any atom is -0.371 e. The second kappa shape index (κ2) is 7.92. The second-order valence-electron chi connectivity index (χ2n) is 6.41. The van der Waals surface area contributed by atoms with Gasteiger partial charge in [0.05, 0.1) is 13.2 Å². The van der Waals surface area contributed by atoms with Gasteiger partial charge in [-0.15, -0.1) is 11.3 Å². The van der Waals surface area contributed by atoms with Crippen molar-refractivity contribution in [3.05, 3.63) is 40.6 Å². The summed E-state index contributed by atoms with van der Waals surface area (Å²) in [6.45, 7) is 4.32. The molecule has 1 aliphatic rings. The highest BCUT2D eigenvalue weighted by Gasteiger charge is 2.23. The van der Waals surface area contributed by atoms with Gasteiger partial charge < -0.3 is 14.2 Å². The van der Waals surface area contributed by atoms with Crippen LogP contribution < -0.4 is 0 Å². The number of thiophene rings is 1. The van der Waals surface area contributed by atoms with Gasteiger partial charge in [-0.2, -0.15) is 0 Å². The zero-order valence-electron chi connectivity index (χ0n) is 14.2. The number of aromatic nitrogens is 2. The lowest BCUT2D eigenvalue weighted by molar-refractivity contribution is -0.134. The van der Waals surface area contributed by atoms with Gasteiger partial charge in [-0.25, -0.2) is 4.98 Å². The number of hydrogen-bond acceptors (Lipinski definition) is 5. The van der Waals surface area contributed by atoms with Crippen molar-refractivity contribution >= 4 is 17.2 Å². The Morgan fingerprint density at radius 3 is 3.08 bits per heavy atom. The Hall–Kier alpha value is -1.70. The summed E-state index contributed by atoms with van der Waals surface area (Å²) >= 11 is 1.78. The fraction of sp³-hybridized carbons (Fsp3) is 0.529. The van der Waals surface area contributed by atoms with Crippen LogP contribution in [0.3, 0.4) is 0 Å². The lowest BCUT2D eigenvalue weighted by Crippen LogP contribution is -2.32. The fourth-order valence-corrected chi connectivity index (χ4v) is 3.66. The molecule has 0 aliphatic carbocycles. The number of hydrogen-bond donors (Lipinski definition) is 0. The second-order valence-corrected chi connectivity index (χ2v) is 7.45. The molecule has 0 saturated carbocycles. The molecule has 0 radical (unpaired) electrons. The number of rotatable bonds is 6. The van der Waals surface area contributed by atoms with Crippen LogP contribution in [-0.2, 0) is 29.2 Å². The van der Waals surface area contributed by atoms with E-state index in [-0.39, 0.29) is 12.5 Å². The molecule has 24 heavy (non-hydrogen) atoms. The van der Waals surface area contributed by atoms with Gasteiger partial charge in [0.2, 0.25) is 5.91 Å². The Morgan fingerprint density at radius 1 is 1.46 bits per heavy atom. The number of imidazole rings is 1. The van der Waals surface area contributed by atoms with E-state index in [1.807, 2.05) is 12.4 Å². The summed E-state index contributed by atoms with van der Waals surface area (Å²) in [5.41, 5.74) is 0. The number of amides is 1. The molecule has 0 spiro atoms. The van der Waals surface area contributed by atoms with Gasteiger partial charge in [-0.05, 0) is 11.4 Å². The molecule has 0 N–H and O–H groups in total. The smallest absolute Gasteiger partial charge is 0.248 e. The summed E-state index contributed by atoms with van der Waals surface area (Å²) < 4.78 is 7.88. The van der Waals surface area contributed by atoms with Gasteiger partial charge in [0.1, 0.15) is 12.4 Å². The maximum atomic E-state index is 11.7. The summed E-state index contributed by atoms with van der Waals surface area (Å²) in [5.74, 6) is 1.44. The predicted octanol–water partition coefficient (Wildman–Crippen LogP) is 1.68. The molecule has 3 heterocycles. The zero-order chi connectivity index (χ0) is 16.9. The van der Waals surface area contributed by atoms with Crippen molar-refractivity contribution in [2.75, 3.05) is 33.9 Å². The van der Waals surface area contributed by atoms with E-state index in [9.17, 15) is 4.79 Å². The van der Waals surface area contributed by atoms with Crippen molar-refractivity contribution in [2.24, 2.45) is 5.92 Å². The van der Waals surface area contributed by atoms with Gasteiger partial charge in [0.25, 0.3) is 0 Å². The quantitative estimate of drug-likeness (QED) is 0.797. The number of carbonyl (C=O) groups excluding carboxylic acids is 1. The molecule has 3 rings (SSSR count). The van der Waals surface area contributed by atoms with E-state index in [0.717, 1.165) is 32.0 Å². The minimum atomic E-state index is 0.00221. The Bertz CT molecular complexity index is 653. The van der Waals surface area contributed by atoms with E-state index in [1.165, 1.54) is 4.88 Å². The summed E-state index contributed by atoms with van der Waals surface area (Å²) in [6.07, 6.45) is 3.89. The molecule has 1 aliphatic heterocycles. The molecular formula is C17H24N4O2S. The summed E-state index contributed by atoms with van der Waals surface area (Å²) in [6, 6.07) is 4.26. The normalized spacial score (nSPS) is 18.2. The number of nitrogens with zero attached hydrogens (tertiary/aromatic N) is 4. The van der Waals surface area contributed by atoms with Gasteiger partial charge in [0, 0.05) is 56.9 Å². The van der Waals surface area contributed by atoms with Crippen molar-refractivity contribution in [3.63, 3.8) is 0 Å². The fourth-order valence-electron chi connectivity index (χ4n) is 2.91. The average molecular weight is 348 g/mol. The first-order valence-electron chi connectivity index (χ1n) is 8.14. The van der Waals surface area contributed by atoms with E-state index < -0.39 is 0 Å². The molecule has 1 amide bonds. The number of carbonyl (C=O) groups is 1. The lowest BCUT2D eigenvalue weighted by Gasteiger charge is -2.23. The SMILES string of the molecule is CN(C)C(=O)COC[C@H]1CN(Cc2cccs2)Cc2nccn2C1. The standard InChI is InChI=1S/C17H24N4O2S/c1-19(2)17(22)13-23-12-14-8-20(10-15-4-3-7-24-15)11-16-18-5-6-21(16)9-14/h3-7,14H,8-13H2,1-2H3/t14-/m0/s1. The molecule has 0 fully saturated rings. The number of ether oxygens (including phenoxy) is 1. The van der Waals surface area contributed by atoms with E-state index in [4.69, 9.17) is 4.74 Å². The van der Waals surface area contributed by atoms with Crippen LogP contribution >= 0.6 is 11.3 Å². The zero-order valence-corrected chi connectivity index (χ0v) is 15.0. The lowest BCUT2D eigenvalue weighted by atomic mass is 10.1. The van der Waals surface area contributed by atoms with Crippen LogP contribution in [0.1, 0.15) is 10.7 Å². The molecule has 1 atom stereocenters. The molecule has 130 valence electrons. The molecule has 0 unspecified atom stereocenters. The first-order valence-corrected chi connectivity index (χ1v) is 9.02. The van der Waals surface area contributed by atoms with Crippen molar-refractivity contribution in [1.29, 1.82) is 0 Å². The third-order valence-electron chi connectivity index (χ3n) is 4.18. The highest BCUT2D eigenvalue weighted by molar-refractivity contribution is 7.09. The van der Waals surface area contributed by atoms with Crippen LogP contribution in [-0.4, -0.2) is 59.1 Å². The van der Waals surface area contributed by atoms with Crippen molar-refractivity contribution in [3.8, 4) is 0 Å². The first-order chi connectivity index (χ1) is 11.6. The Morgan fingerprint density at radius 2 is 2.33 bits per heavy atom. The Labute approximate surface area is 146 Å². The van der Waals surface area contributed by atoms with E-state index in [1.54, 1.807) is 30.3 Å². The molecule has 0 bridgehead atoms. The highest BCUT2D eigenvalue weighted by atomic mass is 32.1. The summed E-state index contributed by atoms with van der Waals surface area (Å²) in [5, 5.41) is 2.11. The molecule has 6 nitrogen and oxygen atoms in total. The number of fused-ring (bicyclic) bond motifs is 1. The molecule has 2 aromatic heterocycles. The van der Waals surface area contributed by atoms with Crippen LogP contribution in [0.15, 0.2) is 29.9 Å². The molecule has 7 heteroatoms. The highest BCUT2D eigenvalue weighted by Crippen LogP contribution is 2.20. The van der Waals surface area contributed by atoms with Gasteiger partial charge in [-0.1, -0.05) is 6.07 Å². The van der Waals surface area contributed by atoms with Gasteiger partial charge in [-0.3, -0.25) is 9.69 Å². The van der Waals surface area contributed by atoms with E-state index in [0.29, 0.717) is 12.5 Å². The third-order valence-corrected chi connectivity index (χ3v) is 5.04. The summed E-state index contributed by atoms with van der Waals surface area (Å²) in [4.78, 5) is 21.5. The van der Waals surface area contributed by atoms with Crippen molar-refractivity contribution < 1.29 is 9.53 Å². The van der Waals surface area contributed by atoms with Crippen LogP contribution in [0.4, 0.5) is 0 Å². The van der Waals surface area contributed by atoms with Crippen LogP contribution in [0, 0.1) is 5.92 Å². The van der Waals surface area contributed by atoms with Crippen LogP contribution in [0.25, 0.3) is 0 Å². The Kier molecular flexibility index (Phi) is 5.65. The van der Waals surface area contributed by atoms with E-state index >= 15 is 0 Å². The summed E-state index contributed by atoms with van der Waals surface area (Å²) in [7, 11) is 3.50.